The summed E-state index contributed by atoms with van der Waals surface area (Å²) in [4.78, 5) is 9.04. The predicted molar refractivity (Wildman–Crippen MR) is 67.7 cm³/mol. The first-order valence-electron chi connectivity index (χ1n) is 6.11. The molecule has 1 aromatic rings. The molecule has 2 heteroatoms. The molecule has 0 N–H and O–H groups in total. The molecule has 16 heavy (non-hydrogen) atoms. The third-order valence-electron chi connectivity index (χ3n) is 3.30. The molecule has 0 radical (unpaired) electrons. The zero-order valence-corrected chi connectivity index (χ0v) is 9.45. The van der Waals surface area contributed by atoms with Crippen molar-refractivity contribution in [3.8, 4) is 0 Å². The van der Waals surface area contributed by atoms with Crippen LogP contribution in [0.3, 0.4) is 0 Å². The minimum absolute atomic E-state index is 1.00. The summed E-state index contributed by atoms with van der Waals surface area (Å²) in [6.45, 7) is 2.01. The Morgan fingerprint density at radius 3 is 1.44 bits per heavy atom. The Bertz CT molecular complexity index is 397. The SMILES string of the molecule is c1cc(C2=NCCC2)ccc1C1=NCCC1. The van der Waals surface area contributed by atoms with Crippen LogP contribution in [0, 0.1) is 0 Å². The summed E-state index contributed by atoms with van der Waals surface area (Å²) in [5.41, 5.74) is 5.14. The zero-order valence-electron chi connectivity index (χ0n) is 9.45. The summed E-state index contributed by atoms with van der Waals surface area (Å²) in [7, 11) is 0. The lowest BCUT2D eigenvalue weighted by molar-refractivity contribution is 0.951. The highest BCUT2D eigenvalue weighted by Gasteiger charge is 2.11. The molecular formula is C14H16N2. The van der Waals surface area contributed by atoms with Crippen LogP contribution in [-0.2, 0) is 0 Å². The predicted octanol–water partition coefficient (Wildman–Crippen LogP) is 2.85. The standard InChI is InChI=1S/C14H16N2/c1-3-13(15-9-1)11-5-7-12(8-6-11)14-4-2-10-16-14/h5-8H,1-4,9-10H2. The number of hydrogen-bond donors (Lipinski definition) is 0. The van der Waals surface area contributed by atoms with E-state index in [1.807, 2.05) is 0 Å². The molecule has 0 amide bonds. The average Bonchev–Trinajstić information content (AvgIpc) is 3.03. The van der Waals surface area contributed by atoms with Crippen LogP contribution in [0.25, 0.3) is 0 Å². The van der Waals surface area contributed by atoms with E-state index in [0.717, 1.165) is 25.9 Å². The van der Waals surface area contributed by atoms with E-state index in [-0.39, 0.29) is 0 Å². The van der Waals surface area contributed by atoms with Gasteiger partial charge in [0, 0.05) is 24.5 Å². The van der Waals surface area contributed by atoms with Crippen LogP contribution in [0.1, 0.15) is 36.8 Å². The van der Waals surface area contributed by atoms with Gasteiger partial charge in [-0.2, -0.15) is 0 Å². The molecule has 2 nitrogen and oxygen atoms in total. The van der Waals surface area contributed by atoms with E-state index < -0.39 is 0 Å². The van der Waals surface area contributed by atoms with E-state index in [2.05, 4.69) is 34.3 Å². The number of rotatable bonds is 2. The largest absolute Gasteiger partial charge is 0.289 e. The summed E-state index contributed by atoms with van der Waals surface area (Å²) in [6.07, 6.45) is 4.70. The molecule has 2 heterocycles. The fourth-order valence-electron chi connectivity index (χ4n) is 2.41. The number of aliphatic imine (C=N–C) groups is 2. The Hall–Kier alpha value is -1.44. The Morgan fingerprint density at radius 1 is 0.688 bits per heavy atom. The number of benzene rings is 1. The maximum atomic E-state index is 4.52. The van der Waals surface area contributed by atoms with Gasteiger partial charge in [-0.05, 0) is 36.8 Å². The van der Waals surface area contributed by atoms with Crippen molar-refractivity contribution in [3.05, 3.63) is 35.4 Å². The van der Waals surface area contributed by atoms with Gasteiger partial charge >= 0.3 is 0 Å². The molecular weight excluding hydrogens is 196 g/mol. The second-order valence-corrected chi connectivity index (χ2v) is 4.44. The van der Waals surface area contributed by atoms with Crippen molar-refractivity contribution < 1.29 is 0 Å². The molecule has 0 spiro atoms. The second kappa shape index (κ2) is 4.20. The third kappa shape index (κ3) is 1.80. The molecule has 1 aromatic carbocycles. The molecule has 0 bridgehead atoms. The molecule has 2 aliphatic heterocycles. The van der Waals surface area contributed by atoms with Crippen molar-refractivity contribution in [1.82, 2.24) is 0 Å². The molecule has 0 atom stereocenters. The summed E-state index contributed by atoms with van der Waals surface area (Å²) in [5, 5.41) is 0. The van der Waals surface area contributed by atoms with Gasteiger partial charge in [-0.15, -0.1) is 0 Å². The minimum Gasteiger partial charge on any atom is -0.289 e. The van der Waals surface area contributed by atoms with Crippen LogP contribution in [-0.4, -0.2) is 24.5 Å². The van der Waals surface area contributed by atoms with Crippen molar-refractivity contribution in [2.45, 2.75) is 25.7 Å². The van der Waals surface area contributed by atoms with Gasteiger partial charge in [0.1, 0.15) is 0 Å². The Balaban J connectivity index is 1.84. The van der Waals surface area contributed by atoms with Gasteiger partial charge in [-0.25, -0.2) is 0 Å². The molecule has 3 rings (SSSR count). The van der Waals surface area contributed by atoms with Crippen molar-refractivity contribution in [3.63, 3.8) is 0 Å². The van der Waals surface area contributed by atoms with E-state index in [0.29, 0.717) is 0 Å². The number of nitrogens with zero attached hydrogens (tertiary/aromatic N) is 2. The smallest absolute Gasteiger partial charge is 0.0421 e. The van der Waals surface area contributed by atoms with Gasteiger partial charge in [0.15, 0.2) is 0 Å². The van der Waals surface area contributed by atoms with Crippen molar-refractivity contribution >= 4 is 11.4 Å². The molecule has 0 saturated heterocycles. The van der Waals surface area contributed by atoms with Crippen molar-refractivity contribution in [1.29, 1.82) is 0 Å². The topological polar surface area (TPSA) is 24.7 Å². The van der Waals surface area contributed by atoms with Crippen LogP contribution in [0.4, 0.5) is 0 Å². The van der Waals surface area contributed by atoms with Crippen LogP contribution >= 0.6 is 0 Å². The Labute approximate surface area is 96.1 Å². The molecule has 0 saturated carbocycles. The first-order chi connectivity index (χ1) is 7.93. The zero-order chi connectivity index (χ0) is 10.8. The third-order valence-corrected chi connectivity index (χ3v) is 3.30. The van der Waals surface area contributed by atoms with Gasteiger partial charge in [-0.3, -0.25) is 9.98 Å². The summed E-state index contributed by atoms with van der Waals surface area (Å²) >= 11 is 0. The van der Waals surface area contributed by atoms with Crippen LogP contribution in [0.5, 0.6) is 0 Å². The monoisotopic (exact) mass is 212 g/mol. The van der Waals surface area contributed by atoms with Gasteiger partial charge in [0.05, 0.1) is 0 Å². The van der Waals surface area contributed by atoms with E-state index in [4.69, 9.17) is 0 Å². The highest BCUT2D eigenvalue weighted by atomic mass is 14.8. The van der Waals surface area contributed by atoms with Crippen LogP contribution in [0.15, 0.2) is 34.3 Å². The summed E-state index contributed by atoms with van der Waals surface area (Å²) in [6, 6.07) is 8.78. The first-order valence-corrected chi connectivity index (χ1v) is 6.11. The fraction of sp³-hybridized carbons (Fsp3) is 0.429. The Kier molecular flexibility index (Phi) is 2.56. The van der Waals surface area contributed by atoms with Gasteiger partial charge in [0.25, 0.3) is 0 Å². The average molecular weight is 212 g/mol. The Morgan fingerprint density at radius 2 is 1.12 bits per heavy atom. The van der Waals surface area contributed by atoms with E-state index >= 15 is 0 Å². The molecule has 2 aliphatic rings. The highest BCUT2D eigenvalue weighted by molar-refractivity contribution is 6.04. The first kappa shape index (κ1) is 9.76. The van der Waals surface area contributed by atoms with Crippen molar-refractivity contribution in [2.24, 2.45) is 9.98 Å². The lowest BCUT2D eigenvalue weighted by atomic mass is 10.0. The summed E-state index contributed by atoms with van der Waals surface area (Å²) in [5.74, 6) is 0. The second-order valence-electron chi connectivity index (χ2n) is 4.44. The maximum Gasteiger partial charge on any atom is 0.0421 e. The van der Waals surface area contributed by atoms with E-state index in [1.165, 1.54) is 35.4 Å². The van der Waals surface area contributed by atoms with Crippen LogP contribution in [0.2, 0.25) is 0 Å². The van der Waals surface area contributed by atoms with E-state index in [1.54, 1.807) is 0 Å². The lowest BCUT2D eigenvalue weighted by Gasteiger charge is -2.03. The molecule has 0 unspecified atom stereocenters. The van der Waals surface area contributed by atoms with Gasteiger partial charge in [-0.1, -0.05) is 24.3 Å². The lowest BCUT2D eigenvalue weighted by Crippen LogP contribution is -1.99. The van der Waals surface area contributed by atoms with Crippen LogP contribution < -0.4 is 0 Å². The fourth-order valence-corrected chi connectivity index (χ4v) is 2.41. The number of hydrogen-bond acceptors (Lipinski definition) is 2. The minimum atomic E-state index is 1.00. The maximum absolute atomic E-state index is 4.52. The van der Waals surface area contributed by atoms with E-state index in [9.17, 15) is 0 Å². The van der Waals surface area contributed by atoms with Gasteiger partial charge < -0.3 is 0 Å². The molecule has 82 valence electrons. The molecule has 0 aromatic heterocycles. The van der Waals surface area contributed by atoms with Crippen molar-refractivity contribution in [2.75, 3.05) is 13.1 Å². The quantitative estimate of drug-likeness (QED) is 0.720. The molecule has 0 aliphatic carbocycles. The molecule has 0 fully saturated rings. The summed E-state index contributed by atoms with van der Waals surface area (Å²) < 4.78 is 0. The highest BCUT2D eigenvalue weighted by Crippen LogP contribution is 2.17. The van der Waals surface area contributed by atoms with Gasteiger partial charge in [0.2, 0.25) is 0 Å². The normalized spacial score (nSPS) is 19.8.